The number of H-pyrrole nitrogens is 1. The van der Waals surface area contributed by atoms with Gasteiger partial charge in [-0.05, 0) is 18.2 Å². The highest BCUT2D eigenvalue weighted by atomic mass is 32.1. The van der Waals surface area contributed by atoms with Crippen LogP contribution in [0.2, 0.25) is 0 Å². The molecule has 6 nitrogen and oxygen atoms in total. The number of hydrogen-bond acceptors (Lipinski definition) is 6. The molecule has 0 unspecified atom stereocenters. The standard InChI is InChI=1S/C14H11N3O3S/c1-20-14(19)8-2-3-10-11(4-8)16-12(17-13(10)18)5-9-6-15-7-21-9/h2-4,6-7H,5H2,1H3,(H,16,17,18). The lowest BCUT2D eigenvalue weighted by atomic mass is 10.1. The van der Waals surface area contributed by atoms with Gasteiger partial charge in [-0.2, -0.15) is 0 Å². The first-order chi connectivity index (χ1) is 10.2. The summed E-state index contributed by atoms with van der Waals surface area (Å²) >= 11 is 1.49. The maximum atomic E-state index is 12.1. The number of aromatic nitrogens is 3. The van der Waals surface area contributed by atoms with Crippen LogP contribution < -0.4 is 5.56 Å². The van der Waals surface area contributed by atoms with Crippen LogP contribution in [0.25, 0.3) is 10.9 Å². The molecule has 3 rings (SSSR count). The van der Waals surface area contributed by atoms with Gasteiger partial charge in [0.05, 0.1) is 29.1 Å². The van der Waals surface area contributed by atoms with E-state index in [0.29, 0.717) is 28.7 Å². The van der Waals surface area contributed by atoms with Crippen molar-refractivity contribution in [1.29, 1.82) is 0 Å². The minimum Gasteiger partial charge on any atom is -0.465 e. The Morgan fingerprint density at radius 2 is 2.29 bits per heavy atom. The van der Waals surface area contributed by atoms with Crippen LogP contribution in [-0.4, -0.2) is 28.0 Å². The van der Waals surface area contributed by atoms with Gasteiger partial charge in [0.1, 0.15) is 5.82 Å². The van der Waals surface area contributed by atoms with Crippen molar-refractivity contribution in [3.63, 3.8) is 0 Å². The van der Waals surface area contributed by atoms with E-state index in [2.05, 4.69) is 19.7 Å². The van der Waals surface area contributed by atoms with E-state index in [9.17, 15) is 9.59 Å². The van der Waals surface area contributed by atoms with Crippen molar-refractivity contribution < 1.29 is 9.53 Å². The van der Waals surface area contributed by atoms with Crippen LogP contribution in [0.5, 0.6) is 0 Å². The van der Waals surface area contributed by atoms with E-state index in [0.717, 1.165) is 4.88 Å². The molecule has 3 aromatic rings. The fraction of sp³-hybridized carbons (Fsp3) is 0.143. The number of fused-ring (bicyclic) bond motifs is 1. The van der Waals surface area contributed by atoms with Crippen LogP contribution in [0, 0.1) is 0 Å². The minimum atomic E-state index is -0.456. The summed E-state index contributed by atoms with van der Waals surface area (Å²) in [5.74, 6) is 0.0850. The van der Waals surface area contributed by atoms with Crippen LogP contribution in [0.15, 0.2) is 34.7 Å². The molecular formula is C14H11N3O3S. The number of methoxy groups -OCH3 is 1. The Hall–Kier alpha value is -2.54. The van der Waals surface area contributed by atoms with Crippen molar-refractivity contribution in [3.05, 3.63) is 56.5 Å². The smallest absolute Gasteiger partial charge is 0.337 e. The molecule has 0 amide bonds. The molecule has 0 aliphatic heterocycles. The van der Waals surface area contributed by atoms with Crippen molar-refractivity contribution in [3.8, 4) is 0 Å². The molecule has 1 N–H and O–H groups in total. The predicted octanol–water partition coefficient (Wildman–Crippen LogP) is 1.76. The third kappa shape index (κ3) is 2.68. The Labute approximate surface area is 123 Å². The van der Waals surface area contributed by atoms with Crippen molar-refractivity contribution in [2.24, 2.45) is 0 Å². The first kappa shape index (κ1) is 13.4. The van der Waals surface area contributed by atoms with Crippen molar-refractivity contribution in [2.45, 2.75) is 6.42 Å². The molecule has 0 saturated heterocycles. The second-order valence-electron chi connectivity index (χ2n) is 4.38. The number of carbonyl (C=O) groups is 1. The molecule has 0 saturated carbocycles. The van der Waals surface area contributed by atoms with E-state index >= 15 is 0 Å². The number of benzene rings is 1. The molecule has 106 valence electrons. The highest BCUT2D eigenvalue weighted by Crippen LogP contribution is 2.14. The van der Waals surface area contributed by atoms with Gasteiger partial charge in [-0.15, -0.1) is 11.3 Å². The van der Waals surface area contributed by atoms with Gasteiger partial charge in [0.25, 0.3) is 5.56 Å². The fourth-order valence-electron chi connectivity index (χ4n) is 2.01. The molecule has 0 radical (unpaired) electrons. The summed E-state index contributed by atoms with van der Waals surface area (Å²) in [7, 11) is 1.31. The number of rotatable bonds is 3. The number of nitrogens with zero attached hydrogens (tertiary/aromatic N) is 2. The van der Waals surface area contributed by atoms with Gasteiger partial charge in [-0.3, -0.25) is 9.78 Å². The first-order valence-corrected chi connectivity index (χ1v) is 7.04. The van der Waals surface area contributed by atoms with Gasteiger partial charge < -0.3 is 9.72 Å². The summed E-state index contributed by atoms with van der Waals surface area (Å²) in [6.45, 7) is 0. The molecule has 2 heterocycles. The summed E-state index contributed by atoms with van der Waals surface area (Å²) in [6.07, 6.45) is 2.23. The SMILES string of the molecule is COC(=O)c1ccc2c(=O)[nH]c(Cc3cncs3)nc2c1. The van der Waals surface area contributed by atoms with Crippen LogP contribution in [0.1, 0.15) is 21.1 Å². The van der Waals surface area contributed by atoms with Gasteiger partial charge in [0, 0.05) is 17.5 Å². The molecule has 1 aromatic carbocycles. The lowest BCUT2D eigenvalue weighted by Crippen LogP contribution is -2.13. The second-order valence-corrected chi connectivity index (χ2v) is 5.35. The number of esters is 1. The van der Waals surface area contributed by atoms with Gasteiger partial charge in [0.15, 0.2) is 0 Å². The monoisotopic (exact) mass is 301 g/mol. The van der Waals surface area contributed by atoms with Crippen LogP contribution >= 0.6 is 11.3 Å². The predicted molar refractivity (Wildman–Crippen MR) is 78.6 cm³/mol. The number of carbonyl (C=O) groups excluding carboxylic acids is 1. The zero-order valence-electron chi connectivity index (χ0n) is 11.1. The Morgan fingerprint density at radius 1 is 1.43 bits per heavy atom. The Balaban J connectivity index is 2.08. The Bertz CT molecular complexity index is 856. The van der Waals surface area contributed by atoms with Crippen LogP contribution in [0.3, 0.4) is 0 Å². The normalized spacial score (nSPS) is 10.7. The number of hydrogen-bond donors (Lipinski definition) is 1. The van der Waals surface area contributed by atoms with E-state index in [4.69, 9.17) is 0 Å². The fourth-order valence-corrected chi connectivity index (χ4v) is 2.61. The van der Waals surface area contributed by atoms with Gasteiger partial charge in [-0.1, -0.05) is 0 Å². The van der Waals surface area contributed by atoms with Crippen molar-refractivity contribution >= 4 is 28.2 Å². The highest BCUT2D eigenvalue weighted by molar-refractivity contribution is 7.09. The maximum absolute atomic E-state index is 12.1. The van der Waals surface area contributed by atoms with Crippen molar-refractivity contribution in [2.75, 3.05) is 7.11 Å². The molecule has 0 spiro atoms. The largest absolute Gasteiger partial charge is 0.465 e. The molecule has 0 aliphatic rings. The summed E-state index contributed by atoms with van der Waals surface area (Å²) < 4.78 is 4.67. The van der Waals surface area contributed by atoms with Crippen LogP contribution in [0.4, 0.5) is 0 Å². The topological polar surface area (TPSA) is 84.9 Å². The second kappa shape index (κ2) is 5.45. The Morgan fingerprint density at radius 3 is 3.00 bits per heavy atom. The molecule has 21 heavy (non-hydrogen) atoms. The van der Waals surface area contributed by atoms with Gasteiger partial charge >= 0.3 is 5.97 Å². The molecular weight excluding hydrogens is 290 g/mol. The summed E-state index contributed by atoms with van der Waals surface area (Å²) in [6, 6.07) is 4.68. The zero-order valence-corrected chi connectivity index (χ0v) is 11.9. The lowest BCUT2D eigenvalue weighted by molar-refractivity contribution is 0.0601. The minimum absolute atomic E-state index is 0.226. The average molecular weight is 301 g/mol. The van der Waals surface area contributed by atoms with E-state index in [1.54, 1.807) is 29.9 Å². The lowest BCUT2D eigenvalue weighted by Gasteiger charge is -2.04. The van der Waals surface area contributed by atoms with E-state index in [1.807, 2.05) is 0 Å². The number of thiazole rings is 1. The van der Waals surface area contributed by atoms with Crippen LogP contribution in [-0.2, 0) is 11.2 Å². The molecule has 0 bridgehead atoms. The average Bonchev–Trinajstić information content (AvgIpc) is 2.98. The number of aromatic amines is 1. The van der Waals surface area contributed by atoms with Gasteiger partial charge in [0.2, 0.25) is 0 Å². The maximum Gasteiger partial charge on any atom is 0.337 e. The third-order valence-corrected chi connectivity index (χ3v) is 3.78. The van der Waals surface area contributed by atoms with E-state index in [1.165, 1.54) is 18.4 Å². The Kier molecular flexibility index (Phi) is 3.49. The number of nitrogens with one attached hydrogen (secondary N) is 1. The summed E-state index contributed by atoms with van der Waals surface area (Å²) in [4.78, 5) is 35.7. The van der Waals surface area contributed by atoms with Crippen molar-refractivity contribution in [1.82, 2.24) is 15.0 Å². The molecule has 0 fully saturated rings. The zero-order chi connectivity index (χ0) is 14.8. The third-order valence-electron chi connectivity index (χ3n) is 3.00. The van der Waals surface area contributed by atoms with Gasteiger partial charge in [-0.25, -0.2) is 9.78 Å². The number of ether oxygens (including phenoxy) is 1. The summed E-state index contributed by atoms with van der Waals surface area (Å²) in [5.41, 5.74) is 2.34. The summed E-state index contributed by atoms with van der Waals surface area (Å²) in [5, 5.41) is 0.440. The molecule has 0 atom stereocenters. The first-order valence-electron chi connectivity index (χ1n) is 6.16. The highest BCUT2D eigenvalue weighted by Gasteiger charge is 2.10. The molecule has 0 aliphatic carbocycles. The van der Waals surface area contributed by atoms with E-state index in [-0.39, 0.29) is 5.56 Å². The molecule has 2 aromatic heterocycles. The quantitative estimate of drug-likeness (QED) is 0.745. The molecule has 7 heteroatoms. The van der Waals surface area contributed by atoms with E-state index < -0.39 is 5.97 Å².